The molecule has 8 heteroatoms. The molecule has 0 bridgehead atoms. The molecule has 4 rings (SSSR count). The summed E-state index contributed by atoms with van der Waals surface area (Å²) in [6, 6.07) is 12.6. The number of imidazole rings is 1. The fourth-order valence-corrected chi connectivity index (χ4v) is 2.61. The van der Waals surface area contributed by atoms with E-state index in [1.807, 2.05) is 18.2 Å². The van der Waals surface area contributed by atoms with E-state index in [9.17, 15) is 9.59 Å². The van der Waals surface area contributed by atoms with Crippen molar-refractivity contribution in [2.24, 2.45) is 5.73 Å². The van der Waals surface area contributed by atoms with Crippen LogP contribution in [0.25, 0.3) is 33.1 Å². The Balaban J connectivity index is 1.89. The van der Waals surface area contributed by atoms with Crippen LogP contribution in [0, 0.1) is 0 Å². The number of amides is 1. The highest BCUT2D eigenvalue weighted by atomic mass is 16.6. The number of hydrogen-bond donors (Lipinski definition) is 3. The van der Waals surface area contributed by atoms with E-state index >= 15 is 0 Å². The van der Waals surface area contributed by atoms with Gasteiger partial charge in [-0.3, -0.25) is 4.79 Å². The lowest BCUT2D eigenvalue weighted by molar-refractivity contribution is 0.207. The molecule has 118 valence electrons. The zero-order valence-corrected chi connectivity index (χ0v) is 12.2. The van der Waals surface area contributed by atoms with Crippen molar-refractivity contribution in [1.82, 2.24) is 20.2 Å². The zero-order chi connectivity index (χ0) is 16.7. The van der Waals surface area contributed by atoms with E-state index < -0.39 is 6.09 Å². The number of ether oxygens (including phenoxy) is 1. The van der Waals surface area contributed by atoms with Crippen LogP contribution in [0.15, 0.2) is 47.3 Å². The van der Waals surface area contributed by atoms with Gasteiger partial charge < -0.3 is 15.5 Å². The minimum absolute atomic E-state index is 0.0222. The highest BCUT2D eigenvalue weighted by Gasteiger charge is 2.11. The Morgan fingerprint density at radius 3 is 2.71 bits per heavy atom. The summed E-state index contributed by atoms with van der Waals surface area (Å²) >= 11 is 0. The number of carbonyl (C=O) groups is 1. The number of nitrogens with zero attached hydrogens (tertiary/aromatic N) is 2. The van der Waals surface area contributed by atoms with Crippen LogP contribution in [-0.4, -0.2) is 26.3 Å². The maximum atomic E-state index is 11.9. The molecule has 0 atom stereocenters. The second-order valence-electron chi connectivity index (χ2n) is 5.14. The molecular weight excluding hydrogens is 310 g/mol. The summed E-state index contributed by atoms with van der Waals surface area (Å²) in [7, 11) is 0. The molecule has 0 fully saturated rings. The number of nitrogens with one attached hydrogen (secondary N) is 2. The molecule has 0 aliphatic heterocycles. The number of fused-ring (bicyclic) bond motifs is 2. The van der Waals surface area contributed by atoms with Crippen molar-refractivity contribution >= 4 is 27.9 Å². The summed E-state index contributed by atoms with van der Waals surface area (Å²) in [4.78, 5) is 29.7. The number of H-pyrrole nitrogens is 2. The quantitative estimate of drug-likeness (QED) is 0.520. The molecule has 4 aromatic rings. The van der Waals surface area contributed by atoms with Gasteiger partial charge in [0.05, 0.1) is 22.1 Å². The zero-order valence-electron chi connectivity index (χ0n) is 12.2. The highest BCUT2D eigenvalue weighted by molar-refractivity contribution is 5.95. The molecule has 0 spiro atoms. The molecule has 2 aromatic heterocycles. The summed E-state index contributed by atoms with van der Waals surface area (Å²) in [6.45, 7) is 0. The van der Waals surface area contributed by atoms with Gasteiger partial charge >= 0.3 is 12.1 Å². The molecule has 24 heavy (non-hydrogen) atoms. The Morgan fingerprint density at radius 1 is 1.12 bits per heavy atom. The van der Waals surface area contributed by atoms with Crippen molar-refractivity contribution in [3.05, 3.63) is 52.8 Å². The van der Waals surface area contributed by atoms with Gasteiger partial charge in [0.15, 0.2) is 0 Å². The smallest absolute Gasteiger partial charge is 0.376 e. The lowest BCUT2D eigenvalue weighted by Gasteiger charge is -2.04. The number of aromatic nitrogens is 4. The fraction of sp³-hybridized carbons (Fsp3) is 0. The van der Waals surface area contributed by atoms with Crippen LogP contribution >= 0.6 is 0 Å². The van der Waals surface area contributed by atoms with Gasteiger partial charge in [-0.25, -0.2) is 9.89 Å². The summed E-state index contributed by atoms with van der Waals surface area (Å²) in [5, 5.41) is 7.96. The first-order valence-electron chi connectivity index (χ1n) is 7.06. The van der Waals surface area contributed by atoms with Crippen molar-refractivity contribution in [1.29, 1.82) is 0 Å². The van der Waals surface area contributed by atoms with Crippen molar-refractivity contribution in [2.75, 3.05) is 0 Å². The highest BCUT2D eigenvalue weighted by Crippen LogP contribution is 2.27. The van der Waals surface area contributed by atoms with Gasteiger partial charge in [0.1, 0.15) is 0 Å². The van der Waals surface area contributed by atoms with Crippen LogP contribution in [0.5, 0.6) is 6.01 Å². The second-order valence-corrected chi connectivity index (χ2v) is 5.14. The van der Waals surface area contributed by atoms with Gasteiger partial charge in [-0.1, -0.05) is 24.3 Å². The van der Waals surface area contributed by atoms with E-state index in [1.54, 1.807) is 24.3 Å². The summed E-state index contributed by atoms with van der Waals surface area (Å²) in [5.41, 5.74) is 7.41. The normalized spacial score (nSPS) is 11.0. The van der Waals surface area contributed by atoms with Crippen LogP contribution in [0.3, 0.4) is 0 Å². The number of primary amides is 1. The Morgan fingerprint density at radius 2 is 1.92 bits per heavy atom. The first-order chi connectivity index (χ1) is 11.6. The number of aromatic amines is 2. The standard InChI is InChI=1S/C16H11N5O3/c17-15(23)24-16-18-11-6-5-8(7-12(11)19-16)13-9-3-1-2-4-10(9)14(22)21-20-13/h1-7H,(H2,17,23)(H,18,19)(H,21,22). The first-order valence-corrected chi connectivity index (χ1v) is 7.06. The van der Waals surface area contributed by atoms with Gasteiger partial charge in [-0.15, -0.1) is 0 Å². The van der Waals surface area contributed by atoms with Gasteiger partial charge in [0, 0.05) is 10.9 Å². The van der Waals surface area contributed by atoms with Gasteiger partial charge in [-0.2, -0.15) is 10.1 Å². The third-order valence-corrected chi connectivity index (χ3v) is 3.63. The molecule has 0 aliphatic rings. The van der Waals surface area contributed by atoms with E-state index in [0.29, 0.717) is 22.1 Å². The number of benzene rings is 2. The van der Waals surface area contributed by atoms with E-state index in [-0.39, 0.29) is 11.6 Å². The second kappa shape index (κ2) is 5.20. The molecule has 8 nitrogen and oxygen atoms in total. The predicted octanol–water partition coefficient (Wildman–Crippen LogP) is 1.92. The van der Waals surface area contributed by atoms with Gasteiger partial charge in [0.2, 0.25) is 0 Å². The average Bonchev–Trinajstić information content (AvgIpc) is 2.96. The first kappa shape index (κ1) is 13.9. The third-order valence-electron chi connectivity index (χ3n) is 3.63. The maximum Gasteiger partial charge on any atom is 0.412 e. The van der Waals surface area contributed by atoms with Crippen LogP contribution in [0.1, 0.15) is 0 Å². The molecule has 4 N–H and O–H groups in total. The third kappa shape index (κ3) is 2.26. The average molecular weight is 321 g/mol. The monoisotopic (exact) mass is 321 g/mol. The Hall–Kier alpha value is -3.68. The summed E-state index contributed by atoms with van der Waals surface area (Å²) in [6.07, 6.45) is -0.942. The molecule has 0 unspecified atom stereocenters. The molecular formula is C16H11N5O3. The van der Waals surface area contributed by atoms with E-state index in [0.717, 1.165) is 10.9 Å². The van der Waals surface area contributed by atoms with Crippen LogP contribution < -0.4 is 16.0 Å². The van der Waals surface area contributed by atoms with Crippen LogP contribution in [-0.2, 0) is 0 Å². The number of rotatable bonds is 2. The fourth-order valence-electron chi connectivity index (χ4n) is 2.61. The van der Waals surface area contributed by atoms with E-state index in [1.165, 1.54) is 0 Å². The molecule has 0 saturated carbocycles. The SMILES string of the molecule is NC(=O)Oc1nc2cc(-c3n[nH]c(=O)c4ccccc34)ccc2[nH]1. The molecule has 0 aliphatic carbocycles. The van der Waals surface area contributed by atoms with Gasteiger partial charge in [0.25, 0.3) is 5.56 Å². The van der Waals surface area contributed by atoms with Crippen molar-refractivity contribution in [3.63, 3.8) is 0 Å². The minimum Gasteiger partial charge on any atom is -0.376 e. The predicted molar refractivity (Wildman–Crippen MR) is 87.7 cm³/mol. The Labute approximate surface area is 134 Å². The Bertz CT molecular complexity index is 1150. The number of nitrogens with two attached hydrogens (primary N) is 1. The van der Waals surface area contributed by atoms with Crippen LogP contribution in [0.4, 0.5) is 4.79 Å². The van der Waals surface area contributed by atoms with Crippen molar-refractivity contribution in [2.45, 2.75) is 0 Å². The molecule has 0 saturated heterocycles. The van der Waals surface area contributed by atoms with Crippen molar-refractivity contribution < 1.29 is 9.53 Å². The largest absolute Gasteiger partial charge is 0.412 e. The van der Waals surface area contributed by atoms with Gasteiger partial charge in [-0.05, 0) is 18.2 Å². The van der Waals surface area contributed by atoms with E-state index in [4.69, 9.17) is 10.5 Å². The molecule has 2 heterocycles. The Kier molecular flexibility index (Phi) is 3.02. The van der Waals surface area contributed by atoms with Crippen molar-refractivity contribution in [3.8, 4) is 17.3 Å². The van der Waals surface area contributed by atoms with E-state index in [2.05, 4.69) is 20.2 Å². The lowest BCUT2D eigenvalue weighted by Crippen LogP contribution is -2.16. The summed E-state index contributed by atoms with van der Waals surface area (Å²) < 4.78 is 4.74. The minimum atomic E-state index is -0.942. The number of hydrogen-bond acceptors (Lipinski definition) is 5. The molecule has 2 aromatic carbocycles. The summed E-state index contributed by atoms with van der Waals surface area (Å²) in [5.74, 6) is 0. The molecule has 0 radical (unpaired) electrons. The number of carbonyl (C=O) groups excluding carboxylic acids is 1. The van der Waals surface area contributed by atoms with Crippen LogP contribution in [0.2, 0.25) is 0 Å². The molecule has 1 amide bonds. The lowest BCUT2D eigenvalue weighted by atomic mass is 10.0. The maximum absolute atomic E-state index is 11.9. The topological polar surface area (TPSA) is 127 Å².